The zero-order chi connectivity index (χ0) is 24.8. The minimum Gasteiger partial charge on any atom is -0.449 e. The summed E-state index contributed by atoms with van der Waals surface area (Å²) in [5.74, 6) is 0.416. The van der Waals surface area contributed by atoms with E-state index in [1.807, 2.05) is 55.5 Å². The van der Waals surface area contributed by atoms with Gasteiger partial charge in [0.1, 0.15) is 0 Å². The molecular weight excluding hydrogens is 430 g/mol. The molecule has 0 aliphatic heterocycles. The molecule has 2 rings (SSSR count). The molecule has 0 aromatic heterocycles. The number of carbonyl (C=O) groups excluding carboxylic acids is 2. The van der Waals surface area contributed by atoms with E-state index in [0.29, 0.717) is 23.9 Å². The Kier molecular flexibility index (Phi) is 11.7. The van der Waals surface area contributed by atoms with Gasteiger partial charge >= 0.3 is 12.2 Å². The van der Waals surface area contributed by atoms with Crippen LogP contribution in [0.15, 0.2) is 53.7 Å². The second-order valence-electron chi connectivity index (χ2n) is 8.39. The van der Waals surface area contributed by atoms with Gasteiger partial charge in [0.15, 0.2) is 0 Å². The molecule has 2 aromatic rings. The van der Waals surface area contributed by atoms with Gasteiger partial charge < -0.3 is 4.74 Å². The van der Waals surface area contributed by atoms with Crippen molar-refractivity contribution in [1.82, 2.24) is 0 Å². The van der Waals surface area contributed by atoms with Crippen molar-refractivity contribution in [2.24, 2.45) is 11.1 Å². The van der Waals surface area contributed by atoms with Crippen LogP contribution in [0.1, 0.15) is 70.9 Å². The highest BCUT2D eigenvalue weighted by molar-refractivity contribution is 5.86. The Hall–Kier alpha value is -3.35. The van der Waals surface area contributed by atoms with E-state index >= 15 is 0 Å². The van der Waals surface area contributed by atoms with Crippen LogP contribution in [0.3, 0.4) is 0 Å². The van der Waals surface area contributed by atoms with E-state index in [2.05, 4.69) is 29.6 Å². The fraction of sp³-hybridized carbons (Fsp3) is 0.444. The fourth-order valence-corrected chi connectivity index (χ4v) is 3.22. The summed E-state index contributed by atoms with van der Waals surface area (Å²) in [4.78, 5) is 28.7. The molecule has 2 amide bonds. The number of oxime groups is 1. The molecule has 0 fully saturated rings. The molecule has 0 saturated carbocycles. The average Bonchev–Trinajstić information content (AvgIpc) is 2.85. The molecule has 0 saturated heterocycles. The first-order valence-corrected chi connectivity index (χ1v) is 12.1. The number of nitrogens with one attached hydrogen (secondary N) is 2. The molecule has 0 radical (unpaired) electrons. The lowest BCUT2D eigenvalue weighted by Crippen LogP contribution is -2.18. The average molecular weight is 468 g/mol. The van der Waals surface area contributed by atoms with Crippen molar-refractivity contribution in [1.29, 1.82) is 0 Å². The number of rotatable bonds is 12. The number of hydrogen-bond acceptors (Lipinski definition) is 5. The molecule has 1 unspecified atom stereocenters. The number of carbonyl (C=O) groups is 2. The van der Waals surface area contributed by atoms with Crippen LogP contribution in [0.5, 0.6) is 0 Å². The number of unbranched alkanes of at least 4 members (excludes halogenated alkanes) is 1. The van der Waals surface area contributed by atoms with Crippen molar-refractivity contribution in [2.75, 3.05) is 17.2 Å². The van der Waals surface area contributed by atoms with Gasteiger partial charge in [-0.3, -0.25) is 15.5 Å². The minimum absolute atomic E-state index is 0.416. The summed E-state index contributed by atoms with van der Waals surface area (Å²) in [6.45, 7) is 8.49. The van der Waals surface area contributed by atoms with Crippen LogP contribution < -0.4 is 10.6 Å². The number of hydrogen-bond donors (Lipinski definition) is 2. The van der Waals surface area contributed by atoms with E-state index in [9.17, 15) is 9.59 Å². The largest absolute Gasteiger partial charge is 0.449 e. The lowest BCUT2D eigenvalue weighted by atomic mass is 10.0. The van der Waals surface area contributed by atoms with E-state index in [4.69, 9.17) is 9.57 Å². The van der Waals surface area contributed by atoms with Crippen molar-refractivity contribution < 1.29 is 19.2 Å². The predicted octanol–water partition coefficient (Wildman–Crippen LogP) is 7.38. The normalized spacial score (nSPS) is 12.1. The maximum atomic E-state index is 12.1. The standard InChI is InChI=1S/C27H37N3O4/c1-5-8-9-21(7-3)19-33-26(31)28-24-14-10-22(11-15-24)18-23-12-16-25(17-13-23)29-27(32)34-30-20(4)6-2/h10-17,21H,5-9,18-19H2,1-4H3,(H,28,31)(H,29,32). The van der Waals surface area contributed by atoms with E-state index in [0.717, 1.165) is 55.4 Å². The van der Waals surface area contributed by atoms with Crippen LogP contribution in [0, 0.1) is 5.92 Å². The molecule has 0 spiro atoms. The maximum Gasteiger partial charge on any atom is 0.437 e. The van der Waals surface area contributed by atoms with Crippen LogP contribution in [0.4, 0.5) is 21.0 Å². The van der Waals surface area contributed by atoms with Crippen LogP contribution in [-0.4, -0.2) is 24.5 Å². The molecule has 1 atom stereocenters. The number of nitrogens with zero attached hydrogens (tertiary/aromatic N) is 1. The van der Waals surface area contributed by atoms with Gasteiger partial charge in [-0.15, -0.1) is 0 Å². The van der Waals surface area contributed by atoms with Crippen LogP contribution in [0.2, 0.25) is 0 Å². The van der Waals surface area contributed by atoms with Crippen molar-refractivity contribution in [2.45, 2.75) is 66.2 Å². The molecule has 184 valence electrons. The number of benzene rings is 2. The van der Waals surface area contributed by atoms with Gasteiger partial charge in [-0.2, -0.15) is 0 Å². The first-order valence-electron chi connectivity index (χ1n) is 12.1. The summed E-state index contributed by atoms with van der Waals surface area (Å²) >= 11 is 0. The quantitative estimate of drug-likeness (QED) is 0.194. The van der Waals surface area contributed by atoms with Gasteiger partial charge in [0.2, 0.25) is 0 Å². The number of amides is 2. The van der Waals surface area contributed by atoms with Gasteiger partial charge in [-0.1, -0.05) is 69.5 Å². The Morgan fingerprint density at radius 1 is 0.882 bits per heavy atom. The van der Waals surface area contributed by atoms with E-state index in [-0.39, 0.29) is 0 Å². The van der Waals surface area contributed by atoms with E-state index in [1.54, 1.807) is 6.92 Å². The van der Waals surface area contributed by atoms with Crippen molar-refractivity contribution in [3.8, 4) is 0 Å². The highest BCUT2D eigenvalue weighted by Gasteiger charge is 2.10. The Morgan fingerprint density at radius 2 is 1.44 bits per heavy atom. The van der Waals surface area contributed by atoms with E-state index in [1.165, 1.54) is 0 Å². The van der Waals surface area contributed by atoms with Crippen LogP contribution in [0.25, 0.3) is 0 Å². The Balaban J connectivity index is 1.80. The molecule has 2 N–H and O–H groups in total. The SMILES string of the molecule is CCCCC(CC)COC(=O)Nc1ccc(Cc2ccc(NC(=O)ON=C(C)CC)cc2)cc1. The monoisotopic (exact) mass is 467 g/mol. The van der Waals surface area contributed by atoms with Gasteiger partial charge in [0.25, 0.3) is 0 Å². The third-order valence-corrected chi connectivity index (χ3v) is 5.60. The lowest BCUT2D eigenvalue weighted by molar-refractivity contribution is 0.136. The Morgan fingerprint density at radius 3 is 1.94 bits per heavy atom. The predicted molar refractivity (Wildman–Crippen MR) is 137 cm³/mol. The van der Waals surface area contributed by atoms with Gasteiger partial charge in [0, 0.05) is 11.4 Å². The Labute approximate surface area is 202 Å². The maximum absolute atomic E-state index is 12.1. The summed E-state index contributed by atoms with van der Waals surface area (Å²) in [6, 6.07) is 15.2. The molecule has 0 aliphatic rings. The minimum atomic E-state index is -0.617. The molecule has 7 heteroatoms. The number of ether oxygens (including phenoxy) is 1. The van der Waals surface area contributed by atoms with Crippen LogP contribution in [-0.2, 0) is 16.0 Å². The third-order valence-electron chi connectivity index (χ3n) is 5.60. The molecule has 7 nitrogen and oxygen atoms in total. The van der Waals surface area contributed by atoms with Gasteiger partial charge in [0.05, 0.1) is 12.3 Å². The van der Waals surface area contributed by atoms with Crippen molar-refractivity contribution in [3.05, 3.63) is 59.7 Å². The van der Waals surface area contributed by atoms with Gasteiger partial charge in [-0.05, 0) is 67.5 Å². The highest BCUT2D eigenvalue weighted by atomic mass is 16.7. The second-order valence-corrected chi connectivity index (χ2v) is 8.39. The smallest absolute Gasteiger partial charge is 0.437 e. The van der Waals surface area contributed by atoms with E-state index < -0.39 is 12.2 Å². The molecule has 2 aromatic carbocycles. The molecule has 0 heterocycles. The van der Waals surface area contributed by atoms with Gasteiger partial charge in [-0.25, -0.2) is 9.59 Å². The Bertz CT molecular complexity index is 924. The van der Waals surface area contributed by atoms with Crippen LogP contribution >= 0.6 is 0 Å². The zero-order valence-electron chi connectivity index (χ0n) is 20.7. The summed E-state index contributed by atoms with van der Waals surface area (Å²) in [7, 11) is 0. The molecular formula is C27H37N3O4. The first kappa shape index (κ1) is 26.9. The summed E-state index contributed by atoms with van der Waals surface area (Å²) < 4.78 is 5.40. The topological polar surface area (TPSA) is 89.0 Å². The highest BCUT2D eigenvalue weighted by Crippen LogP contribution is 2.17. The summed E-state index contributed by atoms with van der Waals surface area (Å²) in [5, 5.41) is 9.18. The summed E-state index contributed by atoms with van der Waals surface area (Å²) in [5.41, 5.74) is 4.28. The first-order chi connectivity index (χ1) is 16.4. The zero-order valence-corrected chi connectivity index (χ0v) is 20.7. The lowest BCUT2D eigenvalue weighted by Gasteiger charge is -2.15. The third kappa shape index (κ3) is 10.1. The van der Waals surface area contributed by atoms with Crippen molar-refractivity contribution in [3.63, 3.8) is 0 Å². The summed E-state index contributed by atoms with van der Waals surface area (Å²) in [6.07, 6.45) is 4.82. The number of anilines is 2. The molecule has 0 aliphatic carbocycles. The fourth-order valence-electron chi connectivity index (χ4n) is 3.22. The molecule has 34 heavy (non-hydrogen) atoms. The second kappa shape index (κ2) is 14.7. The molecule has 0 bridgehead atoms. The van der Waals surface area contributed by atoms with Crippen molar-refractivity contribution >= 4 is 29.3 Å².